The molecule has 0 aromatic rings. The van der Waals surface area contributed by atoms with Crippen LogP contribution in [0.15, 0.2) is 0 Å². The normalized spacial score (nSPS) is 12.0. The maximum absolute atomic E-state index is 2.50. The van der Waals surface area contributed by atoms with Crippen molar-refractivity contribution in [3.05, 3.63) is 0 Å². The topological polar surface area (TPSA) is 0 Å². The van der Waals surface area contributed by atoms with Crippen molar-refractivity contribution in [1.82, 2.24) is 0 Å². The van der Waals surface area contributed by atoms with E-state index < -0.39 is 5.62 Å². The Kier molecular flexibility index (Phi) is 5.30. The predicted octanol–water partition coefficient (Wildman–Crippen LogP) is 2.74. The molecule has 56 valence electrons. The van der Waals surface area contributed by atoms with E-state index in [1.54, 1.807) is 4.47 Å². The molecule has 0 nitrogen and oxygen atoms in total. The first kappa shape index (κ1) is 10.0. The van der Waals surface area contributed by atoms with Gasteiger partial charge in [0.1, 0.15) is 0 Å². The number of hydrogen-bond donors (Lipinski definition) is 0. The van der Waals surface area contributed by atoms with Crippen LogP contribution in [0.3, 0.4) is 0 Å². The molecule has 0 aromatic carbocycles. The Hall–Kier alpha value is 1.01. The number of hydrogen-bond acceptors (Lipinski definition) is 0. The maximum atomic E-state index is 2.50. The molecule has 0 aliphatic rings. The van der Waals surface area contributed by atoms with Crippen LogP contribution in [0.5, 0.6) is 0 Å². The zero-order valence-electron chi connectivity index (χ0n) is 7.03. The van der Waals surface area contributed by atoms with Gasteiger partial charge in [0.05, 0.1) is 0 Å². The van der Waals surface area contributed by atoms with Gasteiger partial charge in [0, 0.05) is 0 Å². The third-order valence-electron chi connectivity index (χ3n) is 1.03. The summed E-state index contributed by atoms with van der Waals surface area (Å²) in [6, 6.07) is 0. The Balaban J connectivity index is 3.07. The molecule has 9 heavy (non-hydrogen) atoms. The molecule has 0 N–H and O–H groups in total. The SMILES string of the molecule is CCCC[Te][Si](C)(C)C. The van der Waals surface area contributed by atoms with Gasteiger partial charge in [-0.1, -0.05) is 0 Å². The van der Waals surface area contributed by atoms with Gasteiger partial charge in [0.2, 0.25) is 0 Å². The van der Waals surface area contributed by atoms with Gasteiger partial charge in [-0.2, -0.15) is 0 Å². The van der Waals surface area contributed by atoms with Crippen LogP contribution in [0.4, 0.5) is 0 Å². The zero-order chi connectivity index (χ0) is 7.33. The summed E-state index contributed by atoms with van der Waals surface area (Å²) in [5, 5.41) is 0. The summed E-state index contributed by atoms with van der Waals surface area (Å²) in [4.78, 5) is 0. The summed E-state index contributed by atoms with van der Waals surface area (Å²) in [6.07, 6.45) is 2.89. The monoisotopic (exact) mass is 260 g/mol. The molecule has 0 bridgehead atoms. The first-order valence-corrected chi connectivity index (χ1v) is 12.3. The van der Waals surface area contributed by atoms with Crippen molar-refractivity contribution < 1.29 is 0 Å². The van der Waals surface area contributed by atoms with Crippen LogP contribution in [-0.2, 0) is 0 Å². The molecule has 0 aromatic heterocycles. The van der Waals surface area contributed by atoms with Crippen LogP contribution >= 0.6 is 0 Å². The van der Waals surface area contributed by atoms with E-state index in [4.69, 9.17) is 0 Å². The molecule has 0 saturated heterocycles. The molecule has 0 aliphatic carbocycles. The van der Waals surface area contributed by atoms with Gasteiger partial charge in [-0.3, -0.25) is 0 Å². The number of rotatable bonds is 4. The Morgan fingerprint density at radius 2 is 1.78 bits per heavy atom. The van der Waals surface area contributed by atoms with Crippen molar-refractivity contribution in [1.29, 1.82) is 0 Å². The fraction of sp³-hybridized carbons (Fsp3) is 1.00. The minimum absolute atomic E-state index is 0.450. The Labute approximate surface area is 69.6 Å². The Morgan fingerprint density at radius 3 is 2.11 bits per heavy atom. The number of unbranched alkanes of at least 4 members (excludes halogenated alkanes) is 1. The van der Waals surface area contributed by atoms with Gasteiger partial charge in [0.15, 0.2) is 0 Å². The third-order valence-corrected chi connectivity index (χ3v) is 12.1. The zero-order valence-corrected chi connectivity index (χ0v) is 10.4. The van der Waals surface area contributed by atoms with Crippen LogP contribution in [0, 0.1) is 0 Å². The van der Waals surface area contributed by atoms with Gasteiger partial charge >= 0.3 is 69.6 Å². The molecule has 0 amide bonds. The molecule has 0 rings (SSSR count). The van der Waals surface area contributed by atoms with Crippen LogP contribution in [0.1, 0.15) is 19.8 Å². The molecule has 0 fully saturated rings. The average Bonchev–Trinajstić information content (AvgIpc) is 1.63. The molecule has 0 heterocycles. The quantitative estimate of drug-likeness (QED) is 0.537. The van der Waals surface area contributed by atoms with Crippen molar-refractivity contribution in [2.75, 3.05) is 0 Å². The molecule has 0 atom stereocenters. The second-order valence-electron chi connectivity index (χ2n) is 3.31. The van der Waals surface area contributed by atoms with Gasteiger partial charge in [0.25, 0.3) is 0 Å². The molecular formula is C7H18SiTe. The van der Waals surface area contributed by atoms with Crippen molar-refractivity contribution in [2.24, 2.45) is 0 Å². The van der Waals surface area contributed by atoms with Gasteiger partial charge < -0.3 is 0 Å². The Bertz CT molecular complexity index is 65.8. The molecule has 0 saturated carbocycles. The van der Waals surface area contributed by atoms with Crippen LogP contribution in [0.2, 0.25) is 24.1 Å². The fourth-order valence-corrected chi connectivity index (χ4v) is 8.58. The molecule has 2 heteroatoms. The summed E-state index contributed by atoms with van der Waals surface area (Å²) >= 11 is 0.450. The molecule has 0 aliphatic heterocycles. The van der Waals surface area contributed by atoms with E-state index in [9.17, 15) is 0 Å². The summed E-state index contributed by atoms with van der Waals surface area (Å²) in [6.45, 7) is 9.80. The molecular weight excluding hydrogens is 240 g/mol. The Morgan fingerprint density at radius 1 is 1.22 bits per heavy atom. The summed E-state index contributed by atoms with van der Waals surface area (Å²) in [5.74, 6) is 0. The molecule has 0 radical (unpaired) electrons. The van der Waals surface area contributed by atoms with Crippen LogP contribution in [-0.4, -0.2) is 25.8 Å². The standard InChI is InChI=1S/C7H18SiTe/c1-5-6-7-9-8(2,3)4/h5-7H2,1-4H3. The van der Waals surface area contributed by atoms with Crippen molar-refractivity contribution in [3.8, 4) is 0 Å². The van der Waals surface area contributed by atoms with E-state index in [0.29, 0.717) is 20.1 Å². The van der Waals surface area contributed by atoms with E-state index in [2.05, 4.69) is 26.6 Å². The van der Waals surface area contributed by atoms with Gasteiger partial charge in [-0.15, -0.1) is 0 Å². The van der Waals surface area contributed by atoms with Crippen molar-refractivity contribution in [2.45, 2.75) is 43.9 Å². The third kappa shape index (κ3) is 9.01. The van der Waals surface area contributed by atoms with Gasteiger partial charge in [-0.05, 0) is 0 Å². The second-order valence-corrected chi connectivity index (χ2v) is 22.0. The fourth-order valence-electron chi connectivity index (χ4n) is 0.523. The van der Waals surface area contributed by atoms with Crippen LogP contribution < -0.4 is 0 Å². The second kappa shape index (κ2) is 4.77. The van der Waals surface area contributed by atoms with Crippen molar-refractivity contribution >= 4 is 25.8 Å². The van der Waals surface area contributed by atoms with Crippen molar-refractivity contribution in [3.63, 3.8) is 0 Å². The summed E-state index contributed by atoms with van der Waals surface area (Å²) in [7, 11) is 0. The summed E-state index contributed by atoms with van der Waals surface area (Å²) in [5.41, 5.74) is -0.564. The predicted molar refractivity (Wildman–Crippen MR) is 48.8 cm³/mol. The van der Waals surface area contributed by atoms with E-state index >= 15 is 0 Å². The van der Waals surface area contributed by atoms with E-state index in [1.165, 1.54) is 12.8 Å². The first-order valence-electron chi connectivity index (χ1n) is 3.70. The molecule has 0 unspecified atom stereocenters. The average molecular weight is 258 g/mol. The first-order chi connectivity index (χ1) is 4.06. The van der Waals surface area contributed by atoms with E-state index in [-0.39, 0.29) is 0 Å². The minimum atomic E-state index is -0.564. The summed E-state index contributed by atoms with van der Waals surface area (Å²) < 4.78 is 1.59. The molecule has 0 spiro atoms. The van der Waals surface area contributed by atoms with Gasteiger partial charge in [-0.25, -0.2) is 0 Å². The van der Waals surface area contributed by atoms with E-state index in [0.717, 1.165) is 0 Å². The van der Waals surface area contributed by atoms with Crippen LogP contribution in [0.25, 0.3) is 0 Å². The van der Waals surface area contributed by atoms with E-state index in [1.807, 2.05) is 0 Å².